The maximum atomic E-state index is 9.63. The van der Waals surface area contributed by atoms with E-state index in [1.54, 1.807) is 36.4 Å². The van der Waals surface area contributed by atoms with E-state index in [4.69, 9.17) is 28.5 Å². The standard InChI is InChI=1S/C13H7Cl2NO/c14-11-6-5-10(12(15)13(11)17)9-3-1-8(7-16)2-4-9/h1-6,17H. The summed E-state index contributed by atoms with van der Waals surface area (Å²) in [5.74, 6) is -0.129. The van der Waals surface area contributed by atoms with Gasteiger partial charge < -0.3 is 5.11 Å². The summed E-state index contributed by atoms with van der Waals surface area (Å²) in [6, 6.07) is 12.3. The van der Waals surface area contributed by atoms with Gasteiger partial charge in [0.25, 0.3) is 0 Å². The Morgan fingerprint density at radius 2 is 1.65 bits per heavy atom. The van der Waals surface area contributed by atoms with Crippen molar-refractivity contribution in [2.24, 2.45) is 0 Å². The summed E-state index contributed by atoms with van der Waals surface area (Å²) >= 11 is 11.8. The van der Waals surface area contributed by atoms with E-state index in [1.165, 1.54) is 0 Å². The molecule has 0 bridgehead atoms. The minimum atomic E-state index is -0.129. The highest BCUT2D eigenvalue weighted by atomic mass is 35.5. The van der Waals surface area contributed by atoms with E-state index in [2.05, 4.69) is 0 Å². The van der Waals surface area contributed by atoms with Gasteiger partial charge in [0, 0.05) is 5.56 Å². The van der Waals surface area contributed by atoms with Crippen molar-refractivity contribution >= 4 is 23.2 Å². The van der Waals surface area contributed by atoms with Crippen LogP contribution in [0, 0.1) is 11.3 Å². The molecule has 2 nitrogen and oxygen atoms in total. The van der Waals surface area contributed by atoms with Gasteiger partial charge in [0.05, 0.1) is 21.7 Å². The number of rotatable bonds is 1. The number of hydrogen-bond donors (Lipinski definition) is 1. The van der Waals surface area contributed by atoms with Gasteiger partial charge >= 0.3 is 0 Å². The lowest BCUT2D eigenvalue weighted by Gasteiger charge is -2.07. The zero-order chi connectivity index (χ0) is 12.4. The first kappa shape index (κ1) is 11.8. The molecule has 2 rings (SSSR count). The summed E-state index contributed by atoms with van der Waals surface area (Å²) in [6.45, 7) is 0. The van der Waals surface area contributed by atoms with Crippen LogP contribution < -0.4 is 0 Å². The molecule has 84 valence electrons. The third-order valence-electron chi connectivity index (χ3n) is 2.39. The monoisotopic (exact) mass is 263 g/mol. The molecule has 2 aromatic carbocycles. The first-order valence-corrected chi connectivity index (χ1v) is 5.56. The third-order valence-corrected chi connectivity index (χ3v) is 3.08. The van der Waals surface area contributed by atoms with Crippen LogP contribution in [-0.2, 0) is 0 Å². The molecule has 0 saturated carbocycles. The summed E-state index contributed by atoms with van der Waals surface area (Å²) in [6.07, 6.45) is 0. The predicted molar refractivity (Wildman–Crippen MR) is 68.3 cm³/mol. The molecule has 0 aliphatic carbocycles. The Labute approximate surface area is 109 Å². The van der Waals surface area contributed by atoms with Crippen molar-refractivity contribution in [3.63, 3.8) is 0 Å². The summed E-state index contributed by atoms with van der Waals surface area (Å²) in [7, 11) is 0. The van der Waals surface area contributed by atoms with Gasteiger partial charge in [0.1, 0.15) is 0 Å². The molecule has 1 N–H and O–H groups in total. The Bertz CT molecular complexity index is 600. The molecule has 0 heterocycles. The van der Waals surface area contributed by atoms with Crippen LogP contribution in [0.2, 0.25) is 10.0 Å². The van der Waals surface area contributed by atoms with Crippen LogP contribution in [0.15, 0.2) is 36.4 Å². The fourth-order valence-corrected chi connectivity index (χ4v) is 1.97. The average molecular weight is 264 g/mol. The SMILES string of the molecule is N#Cc1ccc(-c2ccc(Cl)c(O)c2Cl)cc1. The molecule has 0 aliphatic heterocycles. The molecule has 0 amide bonds. The van der Waals surface area contributed by atoms with E-state index in [9.17, 15) is 5.11 Å². The van der Waals surface area contributed by atoms with Crippen LogP contribution in [0.4, 0.5) is 0 Å². The fourth-order valence-electron chi connectivity index (χ4n) is 1.49. The number of nitrogens with zero attached hydrogens (tertiary/aromatic N) is 1. The molecule has 0 unspecified atom stereocenters. The molecule has 0 aliphatic rings. The summed E-state index contributed by atoms with van der Waals surface area (Å²) in [5, 5.41) is 18.8. The molecule has 17 heavy (non-hydrogen) atoms. The molecule has 4 heteroatoms. The molecule has 0 spiro atoms. The van der Waals surface area contributed by atoms with Crippen molar-refractivity contribution in [2.45, 2.75) is 0 Å². The average Bonchev–Trinajstić information content (AvgIpc) is 2.36. The highest BCUT2D eigenvalue weighted by Gasteiger charge is 2.10. The Kier molecular flexibility index (Phi) is 3.23. The second-order valence-corrected chi connectivity index (χ2v) is 4.23. The fraction of sp³-hybridized carbons (Fsp3) is 0. The molecular formula is C13H7Cl2NO. The molecule has 2 aromatic rings. The van der Waals surface area contributed by atoms with E-state index in [0.717, 1.165) is 5.56 Å². The number of halogens is 2. The smallest absolute Gasteiger partial charge is 0.153 e. The van der Waals surface area contributed by atoms with Crippen molar-refractivity contribution in [3.05, 3.63) is 52.0 Å². The van der Waals surface area contributed by atoms with Gasteiger partial charge in [-0.05, 0) is 23.8 Å². The van der Waals surface area contributed by atoms with Gasteiger partial charge in [-0.3, -0.25) is 0 Å². The number of nitriles is 1. The zero-order valence-electron chi connectivity index (χ0n) is 8.61. The quantitative estimate of drug-likeness (QED) is 0.837. The van der Waals surface area contributed by atoms with E-state index in [1.807, 2.05) is 6.07 Å². The molecule has 0 fully saturated rings. The van der Waals surface area contributed by atoms with Gasteiger partial charge in [-0.2, -0.15) is 5.26 Å². The molecule has 0 radical (unpaired) electrons. The van der Waals surface area contributed by atoms with Crippen molar-refractivity contribution < 1.29 is 5.11 Å². The van der Waals surface area contributed by atoms with E-state index >= 15 is 0 Å². The van der Waals surface area contributed by atoms with Crippen molar-refractivity contribution in [1.29, 1.82) is 5.26 Å². The lowest BCUT2D eigenvalue weighted by atomic mass is 10.0. The third kappa shape index (κ3) is 2.21. The van der Waals surface area contributed by atoms with Gasteiger partial charge in [0.15, 0.2) is 5.75 Å². The number of benzene rings is 2. The topological polar surface area (TPSA) is 44.0 Å². The highest BCUT2D eigenvalue weighted by molar-refractivity contribution is 6.38. The van der Waals surface area contributed by atoms with Crippen LogP contribution >= 0.6 is 23.2 Å². The second-order valence-electron chi connectivity index (χ2n) is 3.45. The lowest BCUT2D eigenvalue weighted by Crippen LogP contribution is -1.82. The molecule has 0 aromatic heterocycles. The van der Waals surface area contributed by atoms with Crippen molar-refractivity contribution in [1.82, 2.24) is 0 Å². The lowest BCUT2D eigenvalue weighted by molar-refractivity contribution is 0.476. The number of phenolic OH excluding ortho intramolecular Hbond substituents is 1. The van der Waals surface area contributed by atoms with Crippen LogP contribution in [-0.4, -0.2) is 5.11 Å². The zero-order valence-corrected chi connectivity index (χ0v) is 10.1. The van der Waals surface area contributed by atoms with Crippen LogP contribution in [0.3, 0.4) is 0 Å². The number of hydrogen-bond acceptors (Lipinski definition) is 2. The summed E-state index contributed by atoms with van der Waals surface area (Å²) in [5.41, 5.74) is 2.07. The molecule has 0 atom stereocenters. The summed E-state index contributed by atoms with van der Waals surface area (Å²) < 4.78 is 0. The van der Waals surface area contributed by atoms with Gasteiger partial charge in [-0.15, -0.1) is 0 Å². The van der Waals surface area contributed by atoms with Crippen molar-refractivity contribution in [3.8, 4) is 22.9 Å². The Morgan fingerprint density at radius 1 is 1.00 bits per heavy atom. The van der Waals surface area contributed by atoms with Gasteiger partial charge in [0.2, 0.25) is 0 Å². The predicted octanol–water partition coefficient (Wildman–Crippen LogP) is 4.24. The molecule has 0 saturated heterocycles. The van der Waals surface area contributed by atoms with Crippen molar-refractivity contribution in [2.75, 3.05) is 0 Å². The Morgan fingerprint density at radius 3 is 2.24 bits per heavy atom. The minimum Gasteiger partial charge on any atom is -0.505 e. The highest BCUT2D eigenvalue weighted by Crippen LogP contribution is 2.39. The summed E-state index contributed by atoms with van der Waals surface area (Å²) in [4.78, 5) is 0. The number of aromatic hydroxyl groups is 1. The second kappa shape index (κ2) is 4.67. The maximum Gasteiger partial charge on any atom is 0.153 e. The Balaban J connectivity index is 2.54. The maximum absolute atomic E-state index is 9.63. The largest absolute Gasteiger partial charge is 0.505 e. The van der Waals surface area contributed by atoms with Crippen LogP contribution in [0.5, 0.6) is 5.75 Å². The normalized spacial score (nSPS) is 9.94. The van der Waals surface area contributed by atoms with Gasteiger partial charge in [-0.1, -0.05) is 41.4 Å². The first-order chi connectivity index (χ1) is 8.13. The Hall–Kier alpha value is -1.69. The minimum absolute atomic E-state index is 0.129. The van der Waals surface area contributed by atoms with E-state index in [-0.39, 0.29) is 15.8 Å². The number of phenols is 1. The first-order valence-electron chi connectivity index (χ1n) is 4.81. The molecular weight excluding hydrogens is 257 g/mol. The van der Waals surface area contributed by atoms with Crippen LogP contribution in [0.25, 0.3) is 11.1 Å². The van der Waals surface area contributed by atoms with E-state index < -0.39 is 0 Å². The van der Waals surface area contributed by atoms with Crippen LogP contribution in [0.1, 0.15) is 5.56 Å². The van der Waals surface area contributed by atoms with Gasteiger partial charge in [-0.25, -0.2) is 0 Å². The van der Waals surface area contributed by atoms with E-state index in [0.29, 0.717) is 11.1 Å².